The number of aryl methyl sites for hydroxylation is 1. The van der Waals surface area contributed by atoms with Crippen LogP contribution in [0.3, 0.4) is 0 Å². The number of nitrogens with zero attached hydrogens (tertiary/aromatic N) is 1. The molecule has 2 aromatic rings. The smallest absolute Gasteiger partial charge is 0.223 e. The van der Waals surface area contributed by atoms with Crippen molar-refractivity contribution >= 4 is 11.8 Å². The molecule has 2 aliphatic heterocycles. The van der Waals surface area contributed by atoms with E-state index in [4.69, 9.17) is 4.74 Å². The van der Waals surface area contributed by atoms with Gasteiger partial charge in [-0.3, -0.25) is 9.59 Å². The minimum absolute atomic E-state index is 0.0102. The molecule has 2 aliphatic rings. The standard InChI is InChI=1S/C24H28N2O3/c27-23(11-10-18-6-2-1-3-7-18)26-14-12-19(13-15-26)24(28)25-17-21-16-20-8-4-5-9-22(20)29-21/h1-9,19,21H,10-17H2,(H,25,28). The molecule has 0 aliphatic carbocycles. The van der Waals surface area contributed by atoms with Gasteiger partial charge < -0.3 is 15.0 Å². The molecule has 5 heteroatoms. The van der Waals surface area contributed by atoms with Gasteiger partial charge in [-0.2, -0.15) is 0 Å². The molecule has 2 aromatic carbocycles. The number of rotatable bonds is 6. The minimum Gasteiger partial charge on any atom is -0.488 e. The molecule has 0 bridgehead atoms. The lowest BCUT2D eigenvalue weighted by Crippen LogP contribution is -2.44. The average molecular weight is 392 g/mol. The number of nitrogens with one attached hydrogen (secondary N) is 1. The molecule has 5 nitrogen and oxygen atoms in total. The van der Waals surface area contributed by atoms with E-state index in [1.54, 1.807) is 0 Å². The van der Waals surface area contributed by atoms with Crippen molar-refractivity contribution in [3.8, 4) is 5.75 Å². The second-order valence-electron chi connectivity index (χ2n) is 7.94. The van der Waals surface area contributed by atoms with Gasteiger partial charge in [-0.15, -0.1) is 0 Å². The summed E-state index contributed by atoms with van der Waals surface area (Å²) in [4.78, 5) is 26.9. The van der Waals surface area contributed by atoms with Crippen molar-refractivity contribution in [2.45, 2.75) is 38.2 Å². The highest BCUT2D eigenvalue weighted by Gasteiger charge is 2.28. The summed E-state index contributed by atoms with van der Waals surface area (Å²) in [5.41, 5.74) is 2.39. The lowest BCUT2D eigenvalue weighted by Gasteiger charge is -2.31. The molecular weight excluding hydrogens is 364 g/mol. The molecule has 1 saturated heterocycles. The maximum Gasteiger partial charge on any atom is 0.223 e. The summed E-state index contributed by atoms with van der Waals surface area (Å²) in [7, 11) is 0. The van der Waals surface area contributed by atoms with Crippen LogP contribution in [0.15, 0.2) is 54.6 Å². The van der Waals surface area contributed by atoms with Crippen LogP contribution in [0.4, 0.5) is 0 Å². The summed E-state index contributed by atoms with van der Waals surface area (Å²) >= 11 is 0. The van der Waals surface area contributed by atoms with E-state index in [9.17, 15) is 9.59 Å². The predicted molar refractivity (Wildman–Crippen MR) is 112 cm³/mol. The van der Waals surface area contributed by atoms with E-state index in [1.807, 2.05) is 41.3 Å². The number of fused-ring (bicyclic) bond motifs is 1. The Kier molecular flexibility index (Phi) is 6.13. The maximum absolute atomic E-state index is 12.5. The SMILES string of the molecule is O=C(NCC1Cc2ccccc2O1)C1CCN(C(=O)CCc2ccccc2)CC1. The lowest BCUT2D eigenvalue weighted by molar-refractivity contribution is -0.135. The number of amides is 2. The Morgan fingerprint density at radius 1 is 1.00 bits per heavy atom. The molecule has 1 N–H and O–H groups in total. The van der Waals surface area contributed by atoms with Gasteiger partial charge in [0.05, 0.1) is 6.54 Å². The van der Waals surface area contributed by atoms with Crippen LogP contribution < -0.4 is 10.1 Å². The Morgan fingerprint density at radius 3 is 2.48 bits per heavy atom. The fourth-order valence-corrected chi connectivity index (χ4v) is 4.17. The molecule has 0 saturated carbocycles. The fraction of sp³-hybridized carbons (Fsp3) is 0.417. The Balaban J connectivity index is 1.16. The normalized spacial score (nSPS) is 18.8. The van der Waals surface area contributed by atoms with Crippen LogP contribution in [-0.2, 0) is 22.4 Å². The topological polar surface area (TPSA) is 58.6 Å². The molecule has 1 fully saturated rings. The molecule has 29 heavy (non-hydrogen) atoms. The van der Waals surface area contributed by atoms with Gasteiger partial charge in [0.25, 0.3) is 0 Å². The summed E-state index contributed by atoms with van der Waals surface area (Å²) in [5.74, 6) is 1.18. The summed E-state index contributed by atoms with van der Waals surface area (Å²) < 4.78 is 5.89. The maximum atomic E-state index is 12.5. The number of likely N-dealkylation sites (tertiary alicyclic amines) is 1. The van der Waals surface area contributed by atoms with Crippen LogP contribution in [0.2, 0.25) is 0 Å². The number of ether oxygens (including phenoxy) is 1. The van der Waals surface area contributed by atoms with Gasteiger partial charge >= 0.3 is 0 Å². The number of benzene rings is 2. The minimum atomic E-state index is -0.0167. The summed E-state index contributed by atoms with van der Waals surface area (Å²) in [5, 5.41) is 3.05. The first-order valence-corrected chi connectivity index (χ1v) is 10.5. The molecular formula is C24H28N2O3. The second kappa shape index (κ2) is 9.12. The van der Waals surface area contributed by atoms with Crippen LogP contribution in [-0.4, -0.2) is 42.5 Å². The Morgan fingerprint density at radius 2 is 1.72 bits per heavy atom. The molecule has 1 unspecified atom stereocenters. The van der Waals surface area contributed by atoms with E-state index in [0.29, 0.717) is 26.1 Å². The van der Waals surface area contributed by atoms with Crippen LogP contribution in [0, 0.1) is 5.92 Å². The molecule has 2 amide bonds. The van der Waals surface area contributed by atoms with E-state index in [0.717, 1.165) is 31.4 Å². The summed E-state index contributed by atoms with van der Waals surface area (Å²) in [6, 6.07) is 18.1. The number of carbonyl (C=O) groups excluding carboxylic acids is 2. The Labute approximate surface area is 172 Å². The quantitative estimate of drug-likeness (QED) is 0.822. The van der Waals surface area contributed by atoms with Crippen molar-refractivity contribution in [3.63, 3.8) is 0 Å². The third-order valence-electron chi connectivity index (χ3n) is 5.91. The Bertz CT molecular complexity index is 819. The monoisotopic (exact) mass is 392 g/mol. The highest BCUT2D eigenvalue weighted by molar-refractivity contribution is 5.80. The number of carbonyl (C=O) groups is 2. The van der Waals surface area contributed by atoms with Gasteiger partial charge in [0.15, 0.2) is 0 Å². The molecule has 2 heterocycles. The van der Waals surface area contributed by atoms with Crippen LogP contribution in [0.5, 0.6) is 5.75 Å². The van der Waals surface area contributed by atoms with Crippen molar-refractivity contribution in [3.05, 3.63) is 65.7 Å². The number of hydrogen-bond acceptors (Lipinski definition) is 3. The van der Waals surface area contributed by atoms with Crippen molar-refractivity contribution in [2.24, 2.45) is 5.92 Å². The van der Waals surface area contributed by atoms with E-state index in [-0.39, 0.29) is 23.8 Å². The Hall–Kier alpha value is -2.82. The third-order valence-corrected chi connectivity index (χ3v) is 5.91. The number of para-hydroxylation sites is 1. The summed E-state index contributed by atoms with van der Waals surface area (Å²) in [6.07, 6.45) is 3.61. The van der Waals surface area contributed by atoms with Gasteiger partial charge in [-0.05, 0) is 36.5 Å². The van der Waals surface area contributed by atoms with Crippen LogP contribution in [0.1, 0.15) is 30.4 Å². The fourth-order valence-electron chi connectivity index (χ4n) is 4.17. The van der Waals surface area contributed by atoms with Gasteiger partial charge in [0.2, 0.25) is 11.8 Å². The largest absolute Gasteiger partial charge is 0.488 e. The van der Waals surface area contributed by atoms with E-state index < -0.39 is 0 Å². The first-order valence-electron chi connectivity index (χ1n) is 10.5. The van der Waals surface area contributed by atoms with Gasteiger partial charge in [0.1, 0.15) is 11.9 Å². The van der Waals surface area contributed by atoms with E-state index in [1.165, 1.54) is 11.1 Å². The zero-order valence-electron chi connectivity index (χ0n) is 16.7. The molecule has 0 spiro atoms. The number of piperidine rings is 1. The van der Waals surface area contributed by atoms with Crippen molar-refractivity contribution in [1.82, 2.24) is 10.2 Å². The first-order chi connectivity index (χ1) is 14.2. The van der Waals surface area contributed by atoms with Crippen LogP contribution in [0.25, 0.3) is 0 Å². The van der Waals surface area contributed by atoms with E-state index >= 15 is 0 Å². The average Bonchev–Trinajstić information content (AvgIpc) is 3.20. The molecule has 152 valence electrons. The second-order valence-corrected chi connectivity index (χ2v) is 7.94. The summed E-state index contributed by atoms with van der Waals surface area (Å²) in [6.45, 7) is 1.86. The van der Waals surface area contributed by atoms with Crippen LogP contribution >= 0.6 is 0 Å². The molecule has 0 aromatic heterocycles. The zero-order chi connectivity index (χ0) is 20.1. The molecule has 1 atom stereocenters. The van der Waals surface area contributed by atoms with Gasteiger partial charge in [-0.1, -0.05) is 48.5 Å². The predicted octanol–water partition coefficient (Wildman–Crippen LogP) is 2.98. The van der Waals surface area contributed by atoms with E-state index in [2.05, 4.69) is 23.5 Å². The van der Waals surface area contributed by atoms with Crippen molar-refractivity contribution < 1.29 is 14.3 Å². The highest BCUT2D eigenvalue weighted by Crippen LogP contribution is 2.28. The first kappa shape index (κ1) is 19.5. The lowest BCUT2D eigenvalue weighted by atomic mass is 9.95. The molecule has 0 radical (unpaired) electrons. The zero-order valence-corrected chi connectivity index (χ0v) is 16.7. The molecule has 4 rings (SSSR count). The van der Waals surface area contributed by atoms with Crippen molar-refractivity contribution in [1.29, 1.82) is 0 Å². The van der Waals surface area contributed by atoms with Crippen molar-refractivity contribution in [2.75, 3.05) is 19.6 Å². The highest BCUT2D eigenvalue weighted by atomic mass is 16.5. The third kappa shape index (κ3) is 4.97. The van der Waals surface area contributed by atoms with Gasteiger partial charge in [0, 0.05) is 31.8 Å². The number of hydrogen-bond donors (Lipinski definition) is 1. The van der Waals surface area contributed by atoms with Gasteiger partial charge in [-0.25, -0.2) is 0 Å².